The van der Waals surface area contributed by atoms with Crippen LogP contribution in [0.4, 0.5) is 0 Å². The second kappa shape index (κ2) is 3.11. The first-order valence-corrected chi connectivity index (χ1v) is 4.76. The highest BCUT2D eigenvalue weighted by Crippen LogP contribution is 2.30. The van der Waals surface area contributed by atoms with E-state index in [1.165, 1.54) is 38.8 Å². The highest BCUT2D eigenvalue weighted by molar-refractivity contribution is 4.88. The molecule has 2 aliphatic heterocycles. The van der Waals surface area contributed by atoms with Crippen molar-refractivity contribution in [3.8, 4) is 0 Å². The maximum Gasteiger partial charge on any atom is 0.0474 e. The zero-order chi connectivity index (χ0) is 7.68. The summed E-state index contributed by atoms with van der Waals surface area (Å²) >= 11 is 0. The lowest BCUT2D eigenvalue weighted by Gasteiger charge is -2.35. The molecule has 2 saturated heterocycles. The average molecular weight is 155 g/mol. The summed E-state index contributed by atoms with van der Waals surface area (Å²) < 4.78 is 0. The average Bonchev–Trinajstić information content (AvgIpc) is 2.50. The molecule has 64 valence electrons. The molecule has 0 saturated carbocycles. The summed E-state index contributed by atoms with van der Waals surface area (Å²) in [5, 5.41) is 9.11. The molecule has 2 aliphatic rings. The molecule has 0 radical (unpaired) electrons. The van der Waals surface area contributed by atoms with Gasteiger partial charge in [0.05, 0.1) is 0 Å². The number of fused-ring (bicyclic) bond motifs is 1. The van der Waals surface area contributed by atoms with Gasteiger partial charge in [0.2, 0.25) is 0 Å². The fourth-order valence-corrected chi connectivity index (χ4v) is 2.63. The van der Waals surface area contributed by atoms with Gasteiger partial charge in [0.25, 0.3) is 0 Å². The summed E-state index contributed by atoms with van der Waals surface area (Å²) in [5.41, 5.74) is 0. The summed E-state index contributed by atoms with van der Waals surface area (Å²) in [5.74, 6) is 0.589. The molecule has 0 aromatic heterocycles. The number of nitrogens with zero attached hydrogens (tertiary/aromatic N) is 1. The Morgan fingerprint density at radius 3 is 2.64 bits per heavy atom. The third-order valence-corrected chi connectivity index (χ3v) is 3.21. The van der Waals surface area contributed by atoms with Crippen LogP contribution < -0.4 is 0 Å². The van der Waals surface area contributed by atoms with E-state index in [9.17, 15) is 0 Å². The minimum atomic E-state index is 0.404. The molecule has 2 fully saturated rings. The summed E-state index contributed by atoms with van der Waals surface area (Å²) in [6.07, 6.45) is 5.21. The van der Waals surface area contributed by atoms with Crippen molar-refractivity contribution in [2.75, 3.05) is 19.7 Å². The summed E-state index contributed by atoms with van der Waals surface area (Å²) in [6, 6.07) is 0.730. The SMILES string of the molecule is OC[C@@H]1CCCN2CCC[C@@H]12. The van der Waals surface area contributed by atoms with Crippen molar-refractivity contribution >= 4 is 0 Å². The Bertz CT molecular complexity index is 138. The third kappa shape index (κ3) is 1.30. The second-order valence-corrected chi connectivity index (χ2v) is 3.83. The fraction of sp³-hybridized carbons (Fsp3) is 1.00. The second-order valence-electron chi connectivity index (χ2n) is 3.83. The molecule has 2 heteroatoms. The van der Waals surface area contributed by atoms with Crippen LogP contribution in [0.1, 0.15) is 25.7 Å². The molecule has 2 rings (SSSR count). The molecule has 0 aromatic carbocycles. The molecular weight excluding hydrogens is 138 g/mol. The van der Waals surface area contributed by atoms with Gasteiger partial charge in [-0.3, -0.25) is 0 Å². The first kappa shape index (κ1) is 7.56. The van der Waals surface area contributed by atoms with E-state index < -0.39 is 0 Å². The van der Waals surface area contributed by atoms with E-state index >= 15 is 0 Å². The molecule has 0 aliphatic carbocycles. The van der Waals surface area contributed by atoms with E-state index in [0.717, 1.165) is 6.04 Å². The van der Waals surface area contributed by atoms with Gasteiger partial charge in [-0.15, -0.1) is 0 Å². The van der Waals surface area contributed by atoms with Crippen molar-refractivity contribution in [3.63, 3.8) is 0 Å². The molecule has 0 bridgehead atoms. The highest BCUT2D eigenvalue weighted by Gasteiger charge is 2.33. The van der Waals surface area contributed by atoms with Crippen LogP contribution in [0.5, 0.6) is 0 Å². The summed E-state index contributed by atoms with van der Waals surface area (Å²) in [6.45, 7) is 2.96. The normalized spacial score (nSPS) is 39.0. The molecule has 0 spiro atoms. The number of aliphatic hydroxyl groups is 1. The van der Waals surface area contributed by atoms with Gasteiger partial charge in [0.1, 0.15) is 0 Å². The first-order valence-electron chi connectivity index (χ1n) is 4.76. The molecule has 11 heavy (non-hydrogen) atoms. The zero-order valence-corrected chi connectivity index (χ0v) is 7.00. The zero-order valence-electron chi connectivity index (χ0n) is 7.00. The first-order chi connectivity index (χ1) is 5.42. The number of rotatable bonds is 1. The van der Waals surface area contributed by atoms with Crippen LogP contribution in [0.25, 0.3) is 0 Å². The Kier molecular flexibility index (Phi) is 2.14. The van der Waals surface area contributed by atoms with Crippen LogP contribution in [0.15, 0.2) is 0 Å². The van der Waals surface area contributed by atoms with E-state index in [1.807, 2.05) is 0 Å². The lowest BCUT2D eigenvalue weighted by atomic mass is 9.90. The van der Waals surface area contributed by atoms with Crippen molar-refractivity contribution in [2.45, 2.75) is 31.7 Å². The van der Waals surface area contributed by atoms with Gasteiger partial charge in [-0.1, -0.05) is 0 Å². The minimum Gasteiger partial charge on any atom is -0.396 e. The monoisotopic (exact) mass is 155 g/mol. The van der Waals surface area contributed by atoms with Gasteiger partial charge in [-0.2, -0.15) is 0 Å². The Balaban J connectivity index is 2.00. The van der Waals surface area contributed by atoms with Gasteiger partial charge < -0.3 is 10.0 Å². The van der Waals surface area contributed by atoms with Gasteiger partial charge in [0, 0.05) is 12.6 Å². The molecule has 2 atom stereocenters. The third-order valence-electron chi connectivity index (χ3n) is 3.21. The predicted molar refractivity (Wildman–Crippen MR) is 44.4 cm³/mol. The Morgan fingerprint density at radius 2 is 1.91 bits per heavy atom. The molecule has 0 aromatic rings. The van der Waals surface area contributed by atoms with Crippen molar-refractivity contribution in [2.24, 2.45) is 5.92 Å². The lowest BCUT2D eigenvalue weighted by Crippen LogP contribution is -2.41. The maximum atomic E-state index is 9.11. The quantitative estimate of drug-likeness (QED) is 0.607. The Labute approximate surface area is 68.2 Å². The number of aliphatic hydroxyl groups excluding tert-OH is 1. The van der Waals surface area contributed by atoms with Crippen molar-refractivity contribution in [3.05, 3.63) is 0 Å². The number of hydrogen-bond donors (Lipinski definition) is 1. The van der Waals surface area contributed by atoms with Crippen LogP contribution in [-0.2, 0) is 0 Å². The predicted octanol–water partition coefficient (Wildman–Crippen LogP) is 0.853. The van der Waals surface area contributed by atoms with Crippen LogP contribution in [0.2, 0.25) is 0 Å². The van der Waals surface area contributed by atoms with E-state index in [1.54, 1.807) is 0 Å². The molecule has 0 amide bonds. The Hall–Kier alpha value is -0.0800. The molecule has 2 nitrogen and oxygen atoms in total. The molecule has 1 N–H and O–H groups in total. The maximum absolute atomic E-state index is 9.11. The largest absolute Gasteiger partial charge is 0.396 e. The standard InChI is InChI=1S/C9H17NO/c11-7-8-3-1-5-10-6-2-4-9(8)10/h8-9,11H,1-7H2/t8-,9-/m0/s1. The van der Waals surface area contributed by atoms with E-state index in [2.05, 4.69) is 4.90 Å². The highest BCUT2D eigenvalue weighted by atomic mass is 16.3. The fourth-order valence-electron chi connectivity index (χ4n) is 2.63. The number of piperidine rings is 1. The number of hydrogen-bond acceptors (Lipinski definition) is 2. The summed E-state index contributed by atoms with van der Waals surface area (Å²) in [7, 11) is 0. The van der Waals surface area contributed by atoms with Crippen LogP contribution in [0.3, 0.4) is 0 Å². The molecule has 2 heterocycles. The Morgan fingerprint density at radius 1 is 1.18 bits per heavy atom. The smallest absolute Gasteiger partial charge is 0.0474 e. The summed E-state index contributed by atoms with van der Waals surface area (Å²) in [4.78, 5) is 2.56. The van der Waals surface area contributed by atoms with E-state index in [-0.39, 0.29) is 0 Å². The van der Waals surface area contributed by atoms with Crippen LogP contribution >= 0.6 is 0 Å². The van der Waals surface area contributed by atoms with Crippen molar-refractivity contribution in [1.29, 1.82) is 0 Å². The van der Waals surface area contributed by atoms with Crippen LogP contribution in [-0.4, -0.2) is 35.7 Å². The van der Waals surface area contributed by atoms with Crippen LogP contribution in [0, 0.1) is 5.92 Å². The molecular formula is C9H17NO. The van der Waals surface area contributed by atoms with Crippen molar-refractivity contribution in [1.82, 2.24) is 4.90 Å². The van der Waals surface area contributed by atoms with E-state index in [0.29, 0.717) is 12.5 Å². The van der Waals surface area contributed by atoms with Crippen molar-refractivity contribution < 1.29 is 5.11 Å². The topological polar surface area (TPSA) is 23.5 Å². The lowest BCUT2D eigenvalue weighted by molar-refractivity contribution is 0.0850. The van der Waals surface area contributed by atoms with Gasteiger partial charge >= 0.3 is 0 Å². The van der Waals surface area contributed by atoms with Gasteiger partial charge in [-0.25, -0.2) is 0 Å². The van der Waals surface area contributed by atoms with Gasteiger partial charge in [-0.05, 0) is 44.7 Å². The molecule has 0 unspecified atom stereocenters. The van der Waals surface area contributed by atoms with Gasteiger partial charge in [0.15, 0.2) is 0 Å². The van der Waals surface area contributed by atoms with E-state index in [4.69, 9.17) is 5.11 Å². The minimum absolute atomic E-state index is 0.404.